The number of benzene rings is 2. The summed E-state index contributed by atoms with van der Waals surface area (Å²) in [6.07, 6.45) is 7.17. The number of likely N-dealkylation sites (tertiary alicyclic amines) is 1. The number of hydrogen-bond donors (Lipinski definition) is 1. The maximum Gasteiger partial charge on any atom is 0.219 e. The second kappa shape index (κ2) is 7.40. The highest BCUT2D eigenvalue weighted by atomic mass is 16.2. The van der Waals surface area contributed by atoms with Gasteiger partial charge in [-0.2, -0.15) is 0 Å². The van der Waals surface area contributed by atoms with Crippen LogP contribution in [0.15, 0.2) is 49.1 Å². The maximum absolute atomic E-state index is 11.6. The quantitative estimate of drug-likeness (QED) is 0.569. The Kier molecular flexibility index (Phi) is 4.58. The molecule has 0 unspecified atom stereocenters. The lowest BCUT2D eigenvalue weighted by Crippen LogP contribution is -2.41. The van der Waals surface area contributed by atoms with E-state index in [0.717, 1.165) is 64.8 Å². The fraction of sp³-hybridized carbons (Fsp3) is 0.304. The minimum atomic E-state index is 0.155. The van der Waals surface area contributed by atoms with Crippen LogP contribution in [-0.2, 0) is 11.8 Å². The smallest absolute Gasteiger partial charge is 0.219 e. The van der Waals surface area contributed by atoms with E-state index in [0.29, 0.717) is 6.04 Å². The second-order valence-electron chi connectivity index (χ2n) is 7.93. The first-order valence-corrected chi connectivity index (χ1v) is 10.3. The van der Waals surface area contributed by atoms with Gasteiger partial charge in [-0.1, -0.05) is 6.07 Å². The molecule has 2 aromatic heterocycles. The molecular formula is C23H24N6O. The number of hydrogen-bond acceptors (Lipinski definition) is 5. The molecule has 0 aliphatic carbocycles. The van der Waals surface area contributed by atoms with E-state index < -0.39 is 0 Å². The summed E-state index contributed by atoms with van der Waals surface area (Å²) in [6, 6.07) is 10.8. The van der Waals surface area contributed by atoms with Gasteiger partial charge in [0.15, 0.2) is 0 Å². The SMILES string of the molecule is CC(=O)N1CCC(Nc2cc(-c3ccc4ncn(C)c4c3)c3nccnc3c2)CC1. The summed E-state index contributed by atoms with van der Waals surface area (Å²) in [7, 11) is 2.00. The average molecular weight is 400 g/mol. The predicted octanol–water partition coefficient (Wildman–Crippen LogP) is 3.61. The molecular weight excluding hydrogens is 376 g/mol. The van der Waals surface area contributed by atoms with E-state index in [1.54, 1.807) is 19.3 Å². The molecule has 1 fully saturated rings. The van der Waals surface area contributed by atoms with Gasteiger partial charge in [0.05, 0.1) is 28.4 Å². The molecule has 7 nitrogen and oxygen atoms in total. The van der Waals surface area contributed by atoms with E-state index in [-0.39, 0.29) is 5.91 Å². The number of amides is 1. The summed E-state index contributed by atoms with van der Waals surface area (Å²) in [6.45, 7) is 3.23. The van der Waals surface area contributed by atoms with Gasteiger partial charge < -0.3 is 14.8 Å². The van der Waals surface area contributed by atoms with Crippen molar-refractivity contribution < 1.29 is 4.79 Å². The monoisotopic (exact) mass is 400 g/mol. The summed E-state index contributed by atoms with van der Waals surface area (Å²) in [4.78, 5) is 27.1. The number of rotatable bonds is 3. The third-order valence-corrected chi connectivity index (χ3v) is 5.92. The van der Waals surface area contributed by atoms with Crippen molar-refractivity contribution in [3.05, 3.63) is 49.1 Å². The highest BCUT2D eigenvalue weighted by Gasteiger charge is 2.21. The molecule has 1 aliphatic rings. The first-order chi connectivity index (χ1) is 14.6. The van der Waals surface area contributed by atoms with Crippen LogP contribution in [0.3, 0.4) is 0 Å². The number of carbonyl (C=O) groups is 1. The molecule has 0 bridgehead atoms. The van der Waals surface area contributed by atoms with E-state index in [4.69, 9.17) is 0 Å². The van der Waals surface area contributed by atoms with Crippen LogP contribution in [-0.4, -0.2) is 49.5 Å². The summed E-state index contributed by atoms with van der Waals surface area (Å²) in [5.74, 6) is 0.155. The van der Waals surface area contributed by atoms with Gasteiger partial charge in [0, 0.05) is 56.7 Å². The number of piperidine rings is 1. The zero-order valence-corrected chi connectivity index (χ0v) is 17.2. The Labute approximate surface area is 174 Å². The number of anilines is 1. The molecule has 1 aliphatic heterocycles. The number of aryl methyl sites for hydroxylation is 1. The molecule has 7 heteroatoms. The Morgan fingerprint density at radius 3 is 2.63 bits per heavy atom. The Morgan fingerprint density at radius 1 is 1.03 bits per heavy atom. The molecule has 4 aromatic rings. The highest BCUT2D eigenvalue weighted by molar-refractivity contribution is 5.96. The topological polar surface area (TPSA) is 75.9 Å². The third kappa shape index (κ3) is 3.36. The first kappa shape index (κ1) is 18.5. The molecule has 5 rings (SSSR count). The van der Waals surface area contributed by atoms with Gasteiger partial charge in [-0.15, -0.1) is 0 Å². The largest absolute Gasteiger partial charge is 0.382 e. The minimum absolute atomic E-state index is 0.155. The van der Waals surface area contributed by atoms with E-state index in [1.165, 1.54) is 0 Å². The van der Waals surface area contributed by atoms with Crippen LogP contribution in [0.2, 0.25) is 0 Å². The zero-order valence-electron chi connectivity index (χ0n) is 17.2. The van der Waals surface area contributed by atoms with Gasteiger partial charge >= 0.3 is 0 Å². The molecule has 0 spiro atoms. The molecule has 1 saturated heterocycles. The van der Waals surface area contributed by atoms with Gasteiger partial charge in [0.1, 0.15) is 0 Å². The molecule has 0 radical (unpaired) electrons. The molecule has 3 heterocycles. The summed E-state index contributed by atoms with van der Waals surface area (Å²) in [5, 5.41) is 3.66. The number of fused-ring (bicyclic) bond motifs is 2. The average Bonchev–Trinajstić information content (AvgIpc) is 3.14. The van der Waals surface area contributed by atoms with Crippen LogP contribution >= 0.6 is 0 Å². The normalized spacial score (nSPS) is 15.1. The summed E-state index contributed by atoms with van der Waals surface area (Å²) >= 11 is 0. The zero-order chi connectivity index (χ0) is 20.7. The molecule has 1 amide bonds. The van der Waals surface area contributed by atoms with E-state index in [2.05, 4.69) is 44.5 Å². The first-order valence-electron chi connectivity index (χ1n) is 10.3. The number of nitrogens with zero attached hydrogens (tertiary/aromatic N) is 5. The molecule has 1 N–H and O–H groups in total. The van der Waals surface area contributed by atoms with Crippen molar-refractivity contribution in [1.82, 2.24) is 24.4 Å². The van der Waals surface area contributed by atoms with Gasteiger partial charge in [0.25, 0.3) is 0 Å². The van der Waals surface area contributed by atoms with Crippen LogP contribution in [0.5, 0.6) is 0 Å². The van der Waals surface area contributed by atoms with Crippen LogP contribution in [0.4, 0.5) is 5.69 Å². The van der Waals surface area contributed by atoms with Crippen molar-refractivity contribution in [2.75, 3.05) is 18.4 Å². The summed E-state index contributed by atoms with van der Waals surface area (Å²) < 4.78 is 2.03. The van der Waals surface area contributed by atoms with E-state index in [1.807, 2.05) is 28.9 Å². The van der Waals surface area contributed by atoms with Crippen LogP contribution in [0.25, 0.3) is 33.2 Å². The standard InChI is InChI=1S/C23H24N6O/c1-15(30)29-9-5-17(6-10-29)27-18-12-19(23-21(13-18)24-7-8-25-23)16-3-4-20-22(11-16)28(2)14-26-20/h3-4,7-8,11-14,17,27H,5-6,9-10H2,1-2H3. The lowest BCUT2D eigenvalue weighted by Gasteiger charge is -2.32. The van der Waals surface area contributed by atoms with Crippen LogP contribution in [0.1, 0.15) is 19.8 Å². The van der Waals surface area contributed by atoms with Gasteiger partial charge in [-0.25, -0.2) is 4.98 Å². The second-order valence-corrected chi connectivity index (χ2v) is 7.93. The predicted molar refractivity (Wildman–Crippen MR) is 118 cm³/mol. The van der Waals surface area contributed by atoms with E-state index >= 15 is 0 Å². The van der Waals surface area contributed by atoms with Crippen LogP contribution < -0.4 is 5.32 Å². The Morgan fingerprint density at radius 2 is 1.83 bits per heavy atom. The van der Waals surface area contributed by atoms with E-state index in [9.17, 15) is 4.79 Å². The Hall–Kier alpha value is -3.48. The maximum atomic E-state index is 11.6. The lowest BCUT2D eigenvalue weighted by molar-refractivity contribution is -0.129. The number of imidazole rings is 1. The molecule has 0 saturated carbocycles. The van der Waals surface area contributed by atoms with Crippen molar-refractivity contribution in [2.45, 2.75) is 25.8 Å². The van der Waals surface area contributed by atoms with Gasteiger partial charge in [0.2, 0.25) is 5.91 Å². The fourth-order valence-corrected chi connectivity index (χ4v) is 4.25. The van der Waals surface area contributed by atoms with Gasteiger partial charge in [-0.3, -0.25) is 14.8 Å². The summed E-state index contributed by atoms with van der Waals surface area (Å²) in [5.41, 5.74) is 6.98. The van der Waals surface area contributed by atoms with Crippen molar-refractivity contribution >= 4 is 33.7 Å². The van der Waals surface area contributed by atoms with Crippen LogP contribution in [0, 0.1) is 0 Å². The molecule has 30 heavy (non-hydrogen) atoms. The minimum Gasteiger partial charge on any atom is -0.382 e. The number of nitrogens with one attached hydrogen (secondary N) is 1. The molecule has 152 valence electrons. The highest BCUT2D eigenvalue weighted by Crippen LogP contribution is 2.32. The van der Waals surface area contributed by atoms with Crippen molar-refractivity contribution in [3.8, 4) is 11.1 Å². The number of carbonyl (C=O) groups excluding carboxylic acids is 1. The molecule has 0 atom stereocenters. The fourth-order valence-electron chi connectivity index (χ4n) is 4.25. The lowest BCUT2D eigenvalue weighted by atomic mass is 10.0. The van der Waals surface area contributed by atoms with Crippen molar-refractivity contribution in [1.29, 1.82) is 0 Å². The van der Waals surface area contributed by atoms with Crippen molar-refractivity contribution in [2.24, 2.45) is 7.05 Å². The van der Waals surface area contributed by atoms with Gasteiger partial charge in [-0.05, 0) is 42.7 Å². The Balaban J connectivity index is 1.51. The van der Waals surface area contributed by atoms with Crippen molar-refractivity contribution in [3.63, 3.8) is 0 Å². The third-order valence-electron chi connectivity index (χ3n) is 5.92. The Bertz CT molecular complexity index is 1240. The number of aromatic nitrogens is 4. The molecule has 2 aromatic carbocycles.